The summed E-state index contributed by atoms with van der Waals surface area (Å²) in [6.07, 6.45) is -0.531. The number of halogens is 1. The lowest BCUT2D eigenvalue weighted by Gasteiger charge is -2.22. The third-order valence-electron chi connectivity index (χ3n) is 3.24. The van der Waals surface area contributed by atoms with Gasteiger partial charge in [0.05, 0.1) is 25.9 Å². The molecule has 1 unspecified atom stereocenters. The number of carboxylic acid groups (broad SMARTS) is 1. The van der Waals surface area contributed by atoms with Crippen molar-refractivity contribution in [3.05, 3.63) is 23.6 Å². The van der Waals surface area contributed by atoms with Crippen LogP contribution in [0.5, 0.6) is 5.88 Å². The van der Waals surface area contributed by atoms with Gasteiger partial charge in [0.2, 0.25) is 5.88 Å². The van der Waals surface area contributed by atoms with Gasteiger partial charge in [0, 0.05) is 18.9 Å². The van der Waals surface area contributed by atoms with Crippen LogP contribution in [-0.4, -0.2) is 46.8 Å². The monoisotopic (exact) mass is 298 g/mol. The van der Waals surface area contributed by atoms with Crippen LogP contribution < -0.4 is 4.74 Å². The maximum Gasteiger partial charge on any atom is 0.407 e. The van der Waals surface area contributed by atoms with Crippen LogP contribution in [0.1, 0.15) is 24.9 Å². The van der Waals surface area contributed by atoms with E-state index < -0.39 is 30.0 Å². The standard InChI is InChI=1S/C13H15FN2O5/c1-7(17)21-9-4-11(16(6-9)13(18)19)10-3-8(14)5-15-12(10)20-2/h3,5,9,11H,4,6H2,1-2H3,(H,18,19)/t9?,11-/m1/s1. The number of hydrogen-bond acceptors (Lipinski definition) is 5. The molecule has 1 amide bonds. The van der Waals surface area contributed by atoms with Gasteiger partial charge in [0.15, 0.2) is 0 Å². The van der Waals surface area contributed by atoms with Gasteiger partial charge in [0.25, 0.3) is 0 Å². The number of esters is 1. The Balaban J connectivity index is 2.33. The van der Waals surface area contributed by atoms with Crippen LogP contribution in [0.25, 0.3) is 0 Å². The normalized spacial score (nSPS) is 21.2. The van der Waals surface area contributed by atoms with Crippen molar-refractivity contribution in [1.29, 1.82) is 0 Å². The third-order valence-corrected chi connectivity index (χ3v) is 3.24. The van der Waals surface area contributed by atoms with Gasteiger partial charge >= 0.3 is 12.1 Å². The number of amides is 1. The minimum atomic E-state index is -1.18. The molecule has 1 fully saturated rings. The summed E-state index contributed by atoms with van der Waals surface area (Å²) in [6, 6.07) is 0.507. The Labute approximate surface area is 120 Å². The molecular formula is C13H15FN2O5. The van der Waals surface area contributed by atoms with Crippen molar-refractivity contribution in [3.8, 4) is 5.88 Å². The van der Waals surface area contributed by atoms with E-state index in [1.165, 1.54) is 20.1 Å². The third kappa shape index (κ3) is 3.21. The van der Waals surface area contributed by atoms with Gasteiger partial charge in [-0.05, 0) is 6.07 Å². The number of pyridine rings is 1. The molecule has 1 saturated heterocycles. The van der Waals surface area contributed by atoms with E-state index in [0.29, 0.717) is 5.56 Å². The van der Waals surface area contributed by atoms with Crippen LogP contribution in [0.2, 0.25) is 0 Å². The highest BCUT2D eigenvalue weighted by atomic mass is 19.1. The zero-order valence-electron chi connectivity index (χ0n) is 11.6. The second-order valence-electron chi connectivity index (χ2n) is 4.67. The van der Waals surface area contributed by atoms with E-state index in [2.05, 4.69) is 4.98 Å². The molecule has 114 valence electrons. The topological polar surface area (TPSA) is 89.0 Å². The lowest BCUT2D eigenvalue weighted by Crippen LogP contribution is -2.31. The highest BCUT2D eigenvalue weighted by Gasteiger charge is 2.39. The van der Waals surface area contributed by atoms with E-state index in [1.807, 2.05) is 0 Å². The van der Waals surface area contributed by atoms with Crippen molar-refractivity contribution in [2.75, 3.05) is 13.7 Å². The second kappa shape index (κ2) is 5.94. The number of carbonyl (C=O) groups is 2. The van der Waals surface area contributed by atoms with Gasteiger partial charge in [-0.3, -0.25) is 9.69 Å². The quantitative estimate of drug-likeness (QED) is 0.852. The smallest absolute Gasteiger partial charge is 0.407 e. The first-order valence-electron chi connectivity index (χ1n) is 6.28. The Bertz CT molecular complexity index is 565. The van der Waals surface area contributed by atoms with Gasteiger partial charge in [0.1, 0.15) is 11.9 Å². The number of nitrogens with zero attached hydrogens (tertiary/aromatic N) is 2. The number of methoxy groups -OCH3 is 1. The summed E-state index contributed by atoms with van der Waals surface area (Å²) in [5.41, 5.74) is 0.314. The van der Waals surface area contributed by atoms with E-state index >= 15 is 0 Å². The first kappa shape index (κ1) is 15.0. The summed E-state index contributed by atoms with van der Waals surface area (Å²) in [5.74, 6) is -0.932. The molecule has 0 bridgehead atoms. The van der Waals surface area contributed by atoms with Crippen LogP contribution in [-0.2, 0) is 9.53 Å². The molecule has 1 aliphatic heterocycles. The van der Waals surface area contributed by atoms with Crippen LogP contribution in [0, 0.1) is 5.82 Å². The summed E-state index contributed by atoms with van der Waals surface area (Å²) in [6.45, 7) is 1.28. The van der Waals surface area contributed by atoms with E-state index in [1.54, 1.807) is 0 Å². The van der Waals surface area contributed by atoms with E-state index in [0.717, 1.165) is 11.1 Å². The highest BCUT2D eigenvalue weighted by molar-refractivity contribution is 5.68. The fraction of sp³-hybridized carbons (Fsp3) is 0.462. The lowest BCUT2D eigenvalue weighted by molar-refractivity contribution is -0.145. The molecule has 1 aliphatic rings. The van der Waals surface area contributed by atoms with Gasteiger partial charge in [-0.25, -0.2) is 14.2 Å². The summed E-state index contributed by atoms with van der Waals surface area (Å²) < 4.78 is 23.5. The molecule has 1 N–H and O–H groups in total. The average Bonchev–Trinajstić information content (AvgIpc) is 2.81. The first-order valence-corrected chi connectivity index (χ1v) is 6.28. The maximum atomic E-state index is 13.4. The SMILES string of the molecule is COc1ncc(F)cc1[C@H]1CC(OC(C)=O)CN1C(=O)O. The molecule has 2 heterocycles. The molecule has 21 heavy (non-hydrogen) atoms. The van der Waals surface area contributed by atoms with Gasteiger partial charge in [-0.1, -0.05) is 0 Å². The molecule has 2 atom stereocenters. The molecule has 1 aromatic rings. The lowest BCUT2D eigenvalue weighted by atomic mass is 10.1. The Morgan fingerprint density at radius 3 is 2.81 bits per heavy atom. The van der Waals surface area contributed by atoms with Crippen molar-refractivity contribution < 1.29 is 28.6 Å². The summed E-state index contributed by atoms with van der Waals surface area (Å²) in [7, 11) is 1.37. The van der Waals surface area contributed by atoms with Crippen LogP contribution in [0.15, 0.2) is 12.3 Å². The van der Waals surface area contributed by atoms with E-state index in [4.69, 9.17) is 9.47 Å². The Hall–Kier alpha value is -2.38. The largest absolute Gasteiger partial charge is 0.481 e. The minimum Gasteiger partial charge on any atom is -0.481 e. The molecule has 0 aliphatic carbocycles. The Kier molecular flexibility index (Phi) is 4.25. The molecule has 0 radical (unpaired) electrons. The number of likely N-dealkylation sites (tertiary alicyclic amines) is 1. The van der Waals surface area contributed by atoms with Crippen LogP contribution >= 0.6 is 0 Å². The number of rotatable bonds is 3. The predicted molar refractivity (Wildman–Crippen MR) is 68.4 cm³/mol. The van der Waals surface area contributed by atoms with Crippen molar-refractivity contribution in [1.82, 2.24) is 9.88 Å². The molecule has 0 saturated carbocycles. The molecule has 1 aromatic heterocycles. The fourth-order valence-corrected chi connectivity index (χ4v) is 2.48. The van der Waals surface area contributed by atoms with Gasteiger partial charge in [-0.2, -0.15) is 0 Å². The van der Waals surface area contributed by atoms with Crippen LogP contribution in [0.3, 0.4) is 0 Å². The van der Waals surface area contributed by atoms with E-state index in [-0.39, 0.29) is 18.8 Å². The van der Waals surface area contributed by atoms with Crippen molar-refractivity contribution in [2.45, 2.75) is 25.5 Å². The zero-order valence-corrected chi connectivity index (χ0v) is 11.6. The van der Waals surface area contributed by atoms with Gasteiger partial charge in [-0.15, -0.1) is 0 Å². The summed E-state index contributed by atoms with van der Waals surface area (Å²) >= 11 is 0. The van der Waals surface area contributed by atoms with Crippen LogP contribution in [0.4, 0.5) is 9.18 Å². The first-order chi connectivity index (χ1) is 9.92. The van der Waals surface area contributed by atoms with Crippen molar-refractivity contribution >= 4 is 12.1 Å². The number of hydrogen-bond donors (Lipinski definition) is 1. The second-order valence-corrected chi connectivity index (χ2v) is 4.67. The minimum absolute atomic E-state index is 0.0270. The molecule has 2 rings (SSSR count). The maximum absolute atomic E-state index is 13.4. The number of aromatic nitrogens is 1. The average molecular weight is 298 g/mol. The zero-order chi connectivity index (χ0) is 15.6. The van der Waals surface area contributed by atoms with Crippen molar-refractivity contribution in [2.24, 2.45) is 0 Å². The number of carbonyl (C=O) groups excluding carboxylic acids is 1. The molecule has 8 heteroatoms. The fourth-order valence-electron chi connectivity index (χ4n) is 2.48. The summed E-state index contributed by atoms with van der Waals surface area (Å²) in [4.78, 5) is 27.2. The van der Waals surface area contributed by atoms with Crippen molar-refractivity contribution in [3.63, 3.8) is 0 Å². The molecule has 7 nitrogen and oxygen atoms in total. The molecule has 0 aromatic carbocycles. The number of ether oxygens (including phenoxy) is 2. The summed E-state index contributed by atoms with van der Waals surface area (Å²) in [5, 5.41) is 9.26. The predicted octanol–water partition coefficient (Wildman–Crippen LogP) is 1.59. The van der Waals surface area contributed by atoms with Gasteiger partial charge < -0.3 is 14.6 Å². The van der Waals surface area contributed by atoms with E-state index in [9.17, 15) is 19.1 Å². The Morgan fingerprint density at radius 1 is 1.52 bits per heavy atom. The highest BCUT2D eigenvalue weighted by Crippen LogP contribution is 2.37. The molecular weight excluding hydrogens is 283 g/mol. The Morgan fingerprint density at radius 2 is 2.24 bits per heavy atom. The molecule has 0 spiro atoms.